The molecule has 0 spiro atoms. The van der Waals surface area contributed by atoms with E-state index in [4.69, 9.17) is 4.74 Å². The second-order valence-corrected chi connectivity index (χ2v) is 3.75. The van der Waals surface area contributed by atoms with Gasteiger partial charge in [-0.15, -0.1) is 5.10 Å². The van der Waals surface area contributed by atoms with Crippen molar-refractivity contribution >= 4 is 0 Å². The molecule has 1 heterocycles. The van der Waals surface area contributed by atoms with Crippen LogP contribution in [0.1, 0.15) is 13.3 Å². The van der Waals surface area contributed by atoms with Crippen molar-refractivity contribution in [3.05, 3.63) is 22.5 Å². The fourth-order valence-corrected chi connectivity index (χ4v) is 1.38. The van der Waals surface area contributed by atoms with Crippen molar-refractivity contribution in [3.63, 3.8) is 0 Å². The van der Waals surface area contributed by atoms with Crippen molar-refractivity contribution < 1.29 is 9.84 Å². The number of methoxy groups -OCH3 is 1. The van der Waals surface area contributed by atoms with Crippen LogP contribution in [0.15, 0.2) is 16.9 Å². The second-order valence-electron chi connectivity index (χ2n) is 3.75. The summed E-state index contributed by atoms with van der Waals surface area (Å²) in [5.74, 6) is 0.360. The Morgan fingerprint density at radius 2 is 2.35 bits per heavy atom. The number of aromatic nitrogens is 2. The lowest BCUT2D eigenvalue weighted by atomic mass is 10.3. The highest BCUT2D eigenvalue weighted by Crippen LogP contribution is 1.99. The van der Waals surface area contributed by atoms with Crippen LogP contribution in [0.5, 0.6) is 5.88 Å². The molecule has 1 aromatic heterocycles. The molecule has 0 bridgehead atoms. The molecule has 0 saturated heterocycles. The normalized spacial score (nSPS) is 12.4. The molecule has 2 N–H and O–H groups in total. The van der Waals surface area contributed by atoms with Crippen molar-refractivity contribution in [2.75, 3.05) is 20.2 Å². The molecular formula is C11H19N3O3. The molecule has 96 valence electrons. The quantitative estimate of drug-likeness (QED) is 0.636. The van der Waals surface area contributed by atoms with Crippen molar-refractivity contribution in [3.8, 4) is 5.88 Å². The molecule has 0 aliphatic heterocycles. The van der Waals surface area contributed by atoms with Crippen LogP contribution in [0.4, 0.5) is 0 Å². The Bertz CT molecular complexity index is 392. The summed E-state index contributed by atoms with van der Waals surface area (Å²) in [6.07, 6.45) is 0.364. The minimum absolute atomic E-state index is 0.159. The van der Waals surface area contributed by atoms with Gasteiger partial charge in [0, 0.05) is 18.7 Å². The minimum Gasteiger partial charge on any atom is -0.480 e. The maximum absolute atomic E-state index is 11.5. The van der Waals surface area contributed by atoms with E-state index < -0.39 is 6.10 Å². The lowest BCUT2D eigenvalue weighted by Gasteiger charge is -2.12. The van der Waals surface area contributed by atoms with Crippen LogP contribution in [0, 0.1) is 0 Å². The molecule has 0 aliphatic rings. The van der Waals surface area contributed by atoms with Crippen LogP contribution >= 0.6 is 0 Å². The molecule has 6 heteroatoms. The topological polar surface area (TPSA) is 76.4 Å². The van der Waals surface area contributed by atoms with Crippen LogP contribution < -0.4 is 15.6 Å². The zero-order valence-corrected chi connectivity index (χ0v) is 10.2. The van der Waals surface area contributed by atoms with E-state index in [-0.39, 0.29) is 12.1 Å². The lowest BCUT2D eigenvalue weighted by molar-refractivity contribution is 0.144. The van der Waals surface area contributed by atoms with Crippen molar-refractivity contribution in [2.24, 2.45) is 0 Å². The van der Waals surface area contributed by atoms with E-state index in [0.29, 0.717) is 12.4 Å². The van der Waals surface area contributed by atoms with Gasteiger partial charge in [0.2, 0.25) is 5.88 Å². The maximum Gasteiger partial charge on any atom is 0.267 e. The monoisotopic (exact) mass is 241 g/mol. The number of nitrogens with one attached hydrogen (secondary N) is 1. The summed E-state index contributed by atoms with van der Waals surface area (Å²) < 4.78 is 6.13. The van der Waals surface area contributed by atoms with Gasteiger partial charge in [-0.2, -0.15) is 0 Å². The molecule has 1 atom stereocenters. The molecule has 0 saturated carbocycles. The molecule has 0 aromatic carbocycles. The van der Waals surface area contributed by atoms with Crippen LogP contribution in [0.25, 0.3) is 0 Å². The van der Waals surface area contributed by atoms with Crippen LogP contribution in [0.3, 0.4) is 0 Å². The number of hydrogen-bond acceptors (Lipinski definition) is 5. The van der Waals surface area contributed by atoms with Gasteiger partial charge in [-0.25, -0.2) is 4.68 Å². The van der Waals surface area contributed by atoms with Crippen LogP contribution in [0.2, 0.25) is 0 Å². The first-order valence-electron chi connectivity index (χ1n) is 5.68. The zero-order valence-electron chi connectivity index (χ0n) is 10.2. The Kier molecular flexibility index (Phi) is 5.65. The highest BCUT2D eigenvalue weighted by Gasteiger charge is 2.07. The standard InChI is InChI=1S/C11H19N3O3/c1-3-6-12-7-9(15)8-14-11(16)5-4-10(13-14)17-2/h4-5,9,12,15H,3,6-8H2,1-2H3. The second kappa shape index (κ2) is 7.03. The Hall–Kier alpha value is -1.40. The van der Waals surface area contributed by atoms with Gasteiger partial charge in [0.1, 0.15) is 0 Å². The summed E-state index contributed by atoms with van der Waals surface area (Å²) in [6.45, 7) is 3.50. The lowest BCUT2D eigenvalue weighted by Crippen LogP contribution is -2.35. The van der Waals surface area contributed by atoms with Gasteiger partial charge in [0.25, 0.3) is 5.56 Å². The van der Waals surface area contributed by atoms with Crippen molar-refractivity contribution in [2.45, 2.75) is 26.0 Å². The molecular weight excluding hydrogens is 222 g/mol. The zero-order chi connectivity index (χ0) is 12.7. The summed E-state index contributed by atoms with van der Waals surface area (Å²) in [5, 5.41) is 16.7. The van der Waals surface area contributed by atoms with E-state index in [1.54, 1.807) is 0 Å². The van der Waals surface area contributed by atoms with Crippen LogP contribution in [-0.2, 0) is 6.54 Å². The van der Waals surface area contributed by atoms with E-state index >= 15 is 0 Å². The molecule has 1 rings (SSSR count). The van der Waals surface area contributed by atoms with E-state index in [1.165, 1.54) is 23.9 Å². The molecule has 1 aromatic rings. The SMILES string of the molecule is CCCNCC(O)Cn1nc(OC)ccc1=O. The number of nitrogens with zero attached hydrogens (tertiary/aromatic N) is 2. The fraction of sp³-hybridized carbons (Fsp3) is 0.636. The maximum atomic E-state index is 11.5. The number of aliphatic hydroxyl groups is 1. The van der Waals surface area contributed by atoms with E-state index in [9.17, 15) is 9.90 Å². The van der Waals surface area contributed by atoms with Gasteiger partial charge in [-0.3, -0.25) is 4.79 Å². The van der Waals surface area contributed by atoms with E-state index in [0.717, 1.165) is 13.0 Å². The first kappa shape index (κ1) is 13.7. The smallest absolute Gasteiger partial charge is 0.267 e. The molecule has 1 unspecified atom stereocenters. The summed E-state index contributed by atoms with van der Waals surface area (Å²) in [6, 6.07) is 2.87. The van der Waals surface area contributed by atoms with E-state index in [2.05, 4.69) is 10.4 Å². The van der Waals surface area contributed by atoms with Crippen LogP contribution in [-0.4, -0.2) is 41.2 Å². The Balaban J connectivity index is 2.57. The summed E-state index contributed by atoms with van der Waals surface area (Å²) >= 11 is 0. The Labute approximate surface area is 100 Å². The number of aliphatic hydroxyl groups excluding tert-OH is 1. The first-order chi connectivity index (χ1) is 8.17. The molecule has 0 fully saturated rings. The van der Waals surface area contributed by atoms with Crippen molar-refractivity contribution in [1.82, 2.24) is 15.1 Å². The summed E-state index contributed by atoms with van der Waals surface area (Å²) in [5.41, 5.74) is -0.250. The average Bonchev–Trinajstić information content (AvgIpc) is 2.32. The van der Waals surface area contributed by atoms with Crippen molar-refractivity contribution in [1.29, 1.82) is 0 Å². The minimum atomic E-state index is -0.640. The van der Waals surface area contributed by atoms with Gasteiger partial charge in [-0.05, 0) is 13.0 Å². The van der Waals surface area contributed by atoms with Gasteiger partial charge in [0.15, 0.2) is 0 Å². The van der Waals surface area contributed by atoms with Gasteiger partial charge in [-0.1, -0.05) is 6.92 Å². The predicted molar refractivity (Wildman–Crippen MR) is 64.2 cm³/mol. The largest absolute Gasteiger partial charge is 0.480 e. The first-order valence-corrected chi connectivity index (χ1v) is 5.68. The molecule has 0 aliphatic carbocycles. The third-order valence-electron chi connectivity index (χ3n) is 2.24. The summed E-state index contributed by atoms with van der Waals surface area (Å²) in [7, 11) is 1.48. The predicted octanol–water partition coefficient (Wildman–Crippen LogP) is -0.388. The fourth-order valence-electron chi connectivity index (χ4n) is 1.38. The van der Waals surface area contributed by atoms with Gasteiger partial charge >= 0.3 is 0 Å². The Morgan fingerprint density at radius 1 is 1.59 bits per heavy atom. The van der Waals surface area contributed by atoms with Gasteiger partial charge < -0.3 is 15.2 Å². The molecule has 0 amide bonds. The highest BCUT2D eigenvalue weighted by atomic mass is 16.5. The highest BCUT2D eigenvalue weighted by molar-refractivity contribution is 5.06. The third-order valence-corrected chi connectivity index (χ3v) is 2.24. The number of ether oxygens (including phenoxy) is 1. The summed E-state index contributed by atoms with van der Waals surface area (Å²) in [4.78, 5) is 11.5. The van der Waals surface area contributed by atoms with Gasteiger partial charge in [0.05, 0.1) is 19.8 Å². The van der Waals surface area contributed by atoms with E-state index in [1.807, 2.05) is 6.92 Å². The number of hydrogen-bond donors (Lipinski definition) is 2. The average molecular weight is 241 g/mol. The molecule has 17 heavy (non-hydrogen) atoms. The molecule has 0 radical (unpaired) electrons. The number of rotatable bonds is 7. The third kappa shape index (κ3) is 4.54. The Morgan fingerprint density at radius 3 is 3.00 bits per heavy atom. The molecule has 6 nitrogen and oxygen atoms in total.